The van der Waals surface area contributed by atoms with Crippen LogP contribution in [0.1, 0.15) is 6.42 Å². The summed E-state index contributed by atoms with van der Waals surface area (Å²) in [4.78, 5) is 24.6. The number of benzene rings is 1. The molecular formula is C17H19FN6O2. The molecule has 9 heteroatoms. The number of likely N-dealkylation sites (tertiary alicyclic amines) is 2. The van der Waals surface area contributed by atoms with E-state index < -0.39 is 5.82 Å². The van der Waals surface area contributed by atoms with E-state index in [0.29, 0.717) is 24.1 Å². The largest absolute Gasteiger partial charge is 0.436 e. The number of nitrogens with zero attached hydrogens (tertiary/aromatic N) is 4. The number of piperazine rings is 1. The van der Waals surface area contributed by atoms with Crippen molar-refractivity contribution in [3.8, 4) is 11.6 Å². The standard InChI is InChI=1S/C17H19FN6O2/c1-23-7-12-5-11(23)8-24(12)17(25)22-15-6-16(21-9-20-15)26-14-3-2-10(19)4-13(14)18/h2-4,6,9,11-12H,5,7-8,19H2,1H3,(H,20,21,22,25)/t11-,12-/m0/s1. The molecule has 0 aliphatic carbocycles. The van der Waals surface area contributed by atoms with Crippen LogP contribution in [0.5, 0.6) is 11.6 Å². The predicted octanol–water partition coefficient (Wildman–Crippen LogP) is 1.91. The summed E-state index contributed by atoms with van der Waals surface area (Å²) in [5, 5.41) is 2.76. The molecule has 8 nitrogen and oxygen atoms in total. The third kappa shape index (κ3) is 3.13. The second-order valence-corrected chi connectivity index (χ2v) is 6.60. The molecule has 2 aliphatic rings. The fourth-order valence-electron chi connectivity index (χ4n) is 3.47. The maximum absolute atomic E-state index is 13.8. The van der Waals surface area contributed by atoms with Crippen LogP contribution in [-0.4, -0.2) is 58.0 Å². The molecule has 2 amide bonds. The van der Waals surface area contributed by atoms with E-state index in [1.54, 1.807) is 0 Å². The molecule has 1 aromatic heterocycles. The minimum atomic E-state index is -0.591. The van der Waals surface area contributed by atoms with E-state index in [0.717, 1.165) is 13.0 Å². The van der Waals surface area contributed by atoms with E-state index in [9.17, 15) is 9.18 Å². The lowest BCUT2D eigenvalue weighted by molar-refractivity contribution is 0.161. The van der Waals surface area contributed by atoms with Gasteiger partial charge in [0.1, 0.15) is 12.1 Å². The van der Waals surface area contributed by atoms with E-state index in [1.807, 2.05) is 4.90 Å². The molecule has 0 unspecified atom stereocenters. The van der Waals surface area contributed by atoms with Crippen molar-refractivity contribution in [3.63, 3.8) is 0 Å². The Labute approximate surface area is 149 Å². The molecule has 136 valence electrons. The Hall–Kier alpha value is -2.94. The van der Waals surface area contributed by atoms with E-state index in [1.165, 1.54) is 30.6 Å². The SMILES string of the molecule is CN1C[C@@H]2C[C@H]1CN2C(=O)Nc1cc(Oc2ccc(N)cc2F)ncn1. The highest BCUT2D eigenvalue weighted by atomic mass is 19.1. The van der Waals surface area contributed by atoms with E-state index in [2.05, 4.69) is 27.2 Å². The van der Waals surface area contributed by atoms with Crippen LogP contribution in [-0.2, 0) is 0 Å². The summed E-state index contributed by atoms with van der Waals surface area (Å²) < 4.78 is 19.3. The first-order valence-electron chi connectivity index (χ1n) is 8.32. The van der Waals surface area contributed by atoms with Crippen molar-refractivity contribution < 1.29 is 13.9 Å². The number of anilines is 2. The fraction of sp³-hybridized carbons (Fsp3) is 0.353. The minimum absolute atomic E-state index is 0.00457. The van der Waals surface area contributed by atoms with Crippen LogP contribution in [0.4, 0.5) is 20.7 Å². The normalized spacial score (nSPS) is 21.8. The average molecular weight is 358 g/mol. The molecule has 1 aromatic carbocycles. The number of nitrogens with one attached hydrogen (secondary N) is 1. The second kappa shape index (κ2) is 6.41. The third-order valence-corrected chi connectivity index (χ3v) is 4.82. The maximum Gasteiger partial charge on any atom is 0.323 e. The molecule has 2 bridgehead atoms. The van der Waals surface area contributed by atoms with Crippen LogP contribution in [0.15, 0.2) is 30.6 Å². The third-order valence-electron chi connectivity index (χ3n) is 4.82. The van der Waals surface area contributed by atoms with Gasteiger partial charge in [0.05, 0.1) is 0 Å². The molecule has 2 saturated heterocycles. The quantitative estimate of drug-likeness (QED) is 0.814. The van der Waals surface area contributed by atoms with Crippen LogP contribution >= 0.6 is 0 Å². The fourth-order valence-corrected chi connectivity index (χ4v) is 3.47. The van der Waals surface area contributed by atoms with Gasteiger partial charge in [-0.2, -0.15) is 0 Å². The number of nitrogen functional groups attached to an aromatic ring is 1. The van der Waals surface area contributed by atoms with Gasteiger partial charge >= 0.3 is 6.03 Å². The van der Waals surface area contributed by atoms with Crippen molar-refractivity contribution in [2.75, 3.05) is 31.2 Å². The zero-order valence-electron chi connectivity index (χ0n) is 14.2. The number of carbonyl (C=O) groups excluding carboxylic acids is 1. The molecule has 4 rings (SSSR count). The number of hydrogen-bond donors (Lipinski definition) is 2. The van der Waals surface area contributed by atoms with E-state index in [-0.39, 0.29) is 23.7 Å². The summed E-state index contributed by atoms with van der Waals surface area (Å²) in [7, 11) is 2.07. The topological polar surface area (TPSA) is 96.6 Å². The van der Waals surface area contributed by atoms with Gasteiger partial charge in [-0.05, 0) is 25.6 Å². The highest BCUT2D eigenvalue weighted by molar-refractivity contribution is 5.89. The lowest BCUT2D eigenvalue weighted by Crippen LogP contribution is -2.48. The summed E-state index contributed by atoms with van der Waals surface area (Å²) in [5.74, 6) is -0.171. The highest BCUT2D eigenvalue weighted by Crippen LogP contribution is 2.30. The Morgan fingerprint density at radius 1 is 1.31 bits per heavy atom. The summed E-state index contributed by atoms with van der Waals surface area (Å²) >= 11 is 0. The second-order valence-electron chi connectivity index (χ2n) is 6.60. The zero-order valence-corrected chi connectivity index (χ0v) is 14.2. The van der Waals surface area contributed by atoms with Crippen molar-refractivity contribution in [3.05, 3.63) is 36.4 Å². The van der Waals surface area contributed by atoms with Crippen LogP contribution in [0.2, 0.25) is 0 Å². The Morgan fingerprint density at radius 3 is 2.85 bits per heavy atom. The number of hydrogen-bond acceptors (Lipinski definition) is 6. The number of likely N-dealkylation sites (N-methyl/N-ethyl adjacent to an activating group) is 1. The zero-order chi connectivity index (χ0) is 18.3. The molecule has 26 heavy (non-hydrogen) atoms. The number of ether oxygens (including phenoxy) is 1. The number of amides is 2. The number of rotatable bonds is 3. The summed E-state index contributed by atoms with van der Waals surface area (Å²) in [6, 6.07) is 6.01. The molecule has 0 saturated carbocycles. The van der Waals surface area contributed by atoms with Crippen molar-refractivity contribution >= 4 is 17.5 Å². The van der Waals surface area contributed by atoms with Crippen molar-refractivity contribution in [2.24, 2.45) is 0 Å². The number of urea groups is 1. The van der Waals surface area contributed by atoms with E-state index >= 15 is 0 Å². The number of nitrogens with two attached hydrogens (primary N) is 1. The first kappa shape index (κ1) is 16.5. The molecule has 3 heterocycles. The number of fused-ring (bicyclic) bond motifs is 2. The van der Waals surface area contributed by atoms with Crippen LogP contribution in [0.3, 0.4) is 0 Å². The number of carbonyl (C=O) groups is 1. The first-order valence-corrected chi connectivity index (χ1v) is 8.32. The first-order chi connectivity index (χ1) is 12.5. The monoisotopic (exact) mass is 358 g/mol. The summed E-state index contributed by atoms with van der Waals surface area (Å²) in [6.07, 6.45) is 2.25. The molecule has 2 atom stereocenters. The van der Waals surface area contributed by atoms with Crippen molar-refractivity contribution in [1.82, 2.24) is 19.8 Å². The molecular weight excluding hydrogens is 339 g/mol. The van der Waals surface area contributed by atoms with E-state index in [4.69, 9.17) is 10.5 Å². The minimum Gasteiger partial charge on any atom is -0.436 e. The Balaban J connectivity index is 1.44. The van der Waals surface area contributed by atoms with Crippen molar-refractivity contribution in [2.45, 2.75) is 18.5 Å². The summed E-state index contributed by atoms with van der Waals surface area (Å²) in [6.45, 7) is 1.59. The van der Waals surface area contributed by atoms with Gasteiger partial charge in [0.15, 0.2) is 11.6 Å². The van der Waals surface area contributed by atoms with Gasteiger partial charge in [0.25, 0.3) is 0 Å². The van der Waals surface area contributed by atoms with Crippen LogP contribution in [0, 0.1) is 5.82 Å². The molecule has 0 radical (unpaired) electrons. The molecule has 2 aliphatic heterocycles. The van der Waals surface area contributed by atoms with Gasteiger partial charge in [-0.15, -0.1) is 0 Å². The van der Waals surface area contributed by atoms with Crippen molar-refractivity contribution in [1.29, 1.82) is 0 Å². The van der Waals surface area contributed by atoms with Gasteiger partial charge in [0, 0.05) is 43.0 Å². The Kier molecular flexibility index (Phi) is 4.08. The molecule has 2 fully saturated rings. The Bertz CT molecular complexity index is 846. The van der Waals surface area contributed by atoms with Gasteiger partial charge in [-0.1, -0.05) is 0 Å². The molecule has 3 N–H and O–H groups in total. The average Bonchev–Trinajstić information content (AvgIpc) is 3.17. The molecule has 0 spiro atoms. The lowest BCUT2D eigenvalue weighted by Gasteiger charge is -2.31. The summed E-state index contributed by atoms with van der Waals surface area (Å²) in [5.41, 5.74) is 5.82. The van der Waals surface area contributed by atoms with Crippen LogP contribution in [0.25, 0.3) is 0 Å². The lowest BCUT2D eigenvalue weighted by atomic mass is 10.2. The highest BCUT2D eigenvalue weighted by Gasteiger charge is 2.43. The maximum atomic E-state index is 13.8. The van der Waals surface area contributed by atoms with Gasteiger partial charge in [-0.25, -0.2) is 19.2 Å². The number of halogens is 1. The smallest absolute Gasteiger partial charge is 0.323 e. The van der Waals surface area contributed by atoms with Gasteiger partial charge < -0.3 is 15.4 Å². The van der Waals surface area contributed by atoms with Gasteiger partial charge in [-0.3, -0.25) is 10.2 Å². The van der Waals surface area contributed by atoms with Gasteiger partial charge in [0.2, 0.25) is 5.88 Å². The Morgan fingerprint density at radius 2 is 2.15 bits per heavy atom. The van der Waals surface area contributed by atoms with Crippen LogP contribution < -0.4 is 15.8 Å². The molecule has 2 aromatic rings. The predicted molar refractivity (Wildman–Crippen MR) is 93.5 cm³/mol. The number of aromatic nitrogens is 2.